The predicted octanol–water partition coefficient (Wildman–Crippen LogP) is 3.95. The average Bonchev–Trinajstić information content (AvgIpc) is 3.19. The summed E-state index contributed by atoms with van der Waals surface area (Å²) in [5, 5.41) is 8.58. The van der Waals surface area contributed by atoms with E-state index in [1.54, 1.807) is 43.4 Å². The van der Waals surface area contributed by atoms with Gasteiger partial charge in [-0.3, -0.25) is 14.2 Å². The third-order valence-corrected chi connectivity index (χ3v) is 5.48. The summed E-state index contributed by atoms with van der Waals surface area (Å²) in [7, 11) is 3.44. The van der Waals surface area contributed by atoms with Crippen molar-refractivity contribution >= 4 is 27.8 Å². The van der Waals surface area contributed by atoms with Gasteiger partial charge in [0.2, 0.25) is 0 Å². The number of methoxy groups -OCH3 is 1. The van der Waals surface area contributed by atoms with E-state index in [1.807, 2.05) is 36.7 Å². The van der Waals surface area contributed by atoms with E-state index in [0.29, 0.717) is 12.1 Å². The first-order chi connectivity index (χ1) is 12.9. The van der Waals surface area contributed by atoms with Crippen LogP contribution in [0.15, 0.2) is 41.1 Å². The molecule has 0 saturated heterocycles. The molecule has 0 atom stereocenters. The zero-order chi connectivity index (χ0) is 19.6. The van der Waals surface area contributed by atoms with E-state index in [1.165, 1.54) is 0 Å². The fraction of sp³-hybridized carbons (Fsp3) is 0.250. The number of carbonyl (C=O) groups excluding carboxylic acids is 1. The molecule has 0 bridgehead atoms. The van der Waals surface area contributed by atoms with Crippen molar-refractivity contribution in [3.05, 3.63) is 69.2 Å². The fourth-order valence-corrected chi connectivity index (χ4v) is 3.12. The van der Waals surface area contributed by atoms with Crippen LogP contribution in [0.3, 0.4) is 0 Å². The molecule has 0 aliphatic rings. The molecule has 140 valence electrons. The Labute approximate surface area is 166 Å². The van der Waals surface area contributed by atoms with Gasteiger partial charge in [0.05, 0.1) is 41.3 Å². The van der Waals surface area contributed by atoms with Gasteiger partial charge in [0.25, 0.3) is 0 Å². The van der Waals surface area contributed by atoms with Crippen LogP contribution in [0.5, 0.6) is 5.75 Å². The number of allylic oxidation sites excluding steroid dienone is 1. The highest BCUT2D eigenvalue weighted by atomic mass is 79.9. The number of ketones is 1. The van der Waals surface area contributed by atoms with Crippen LogP contribution in [0, 0.1) is 13.8 Å². The molecule has 3 aromatic rings. The van der Waals surface area contributed by atoms with Gasteiger partial charge >= 0.3 is 0 Å². The highest BCUT2D eigenvalue weighted by Gasteiger charge is 2.12. The molecular formula is C20H21BrN4O2. The van der Waals surface area contributed by atoms with Crippen molar-refractivity contribution in [2.45, 2.75) is 20.4 Å². The molecule has 3 rings (SSSR count). The molecule has 0 amide bonds. The maximum absolute atomic E-state index is 12.2. The van der Waals surface area contributed by atoms with Crippen molar-refractivity contribution in [1.82, 2.24) is 19.6 Å². The molecule has 6 nitrogen and oxygen atoms in total. The number of hydrogen-bond donors (Lipinski definition) is 0. The molecule has 0 aliphatic heterocycles. The summed E-state index contributed by atoms with van der Waals surface area (Å²) < 4.78 is 10.1. The first kappa shape index (κ1) is 19.1. The number of aromatic nitrogens is 4. The van der Waals surface area contributed by atoms with Gasteiger partial charge in [0.1, 0.15) is 5.75 Å². The summed E-state index contributed by atoms with van der Waals surface area (Å²) >= 11 is 3.56. The molecule has 1 aromatic carbocycles. The van der Waals surface area contributed by atoms with Gasteiger partial charge in [-0.15, -0.1) is 0 Å². The number of ether oxygens (including phenoxy) is 1. The zero-order valence-corrected chi connectivity index (χ0v) is 17.3. The van der Waals surface area contributed by atoms with Gasteiger partial charge in [0, 0.05) is 18.8 Å². The van der Waals surface area contributed by atoms with Crippen LogP contribution in [-0.4, -0.2) is 32.5 Å². The molecule has 0 saturated carbocycles. The van der Waals surface area contributed by atoms with E-state index in [-0.39, 0.29) is 5.78 Å². The van der Waals surface area contributed by atoms with E-state index >= 15 is 0 Å². The summed E-state index contributed by atoms with van der Waals surface area (Å²) in [6.07, 6.45) is 6.62. The Morgan fingerprint density at radius 3 is 2.70 bits per heavy atom. The van der Waals surface area contributed by atoms with Gasteiger partial charge in [-0.25, -0.2) is 0 Å². The summed E-state index contributed by atoms with van der Waals surface area (Å²) in [4.78, 5) is 12.2. The van der Waals surface area contributed by atoms with E-state index < -0.39 is 0 Å². The minimum Gasteiger partial charge on any atom is -0.496 e. The van der Waals surface area contributed by atoms with E-state index in [9.17, 15) is 4.79 Å². The van der Waals surface area contributed by atoms with Crippen LogP contribution < -0.4 is 4.74 Å². The Morgan fingerprint density at radius 2 is 2.11 bits per heavy atom. The normalized spacial score (nSPS) is 11.3. The lowest BCUT2D eigenvalue weighted by Crippen LogP contribution is -2.06. The monoisotopic (exact) mass is 428 g/mol. The molecule has 0 unspecified atom stereocenters. The Balaban J connectivity index is 1.85. The smallest absolute Gasteiger partial charge is 0.189 e. The van der Waals surface area contributed by atoms with Gasteiger partial charge in [-0.2, -0.15) is 10.2 Å². The predicted molar refractivity (Wildman–Crippen MR) is 108 cm³/mol. The lowest BCUT2D eigenvalue weighted by Gasteiger charge is -2.11. The first-order valence-electron chi connectivity index (χ1n) is 8.46. The Bertz CT molecular complexity index is 1020. The number of carbonyl (C=O) groups is 1. The molecule has 0 radical (unpaired) electrons. The van der Waals surface area contributed by atoms with Crippen LogP contribution in [0.25, 0.3) is 6.08 Å². The second-order valence-electron chi connectivity index (χ2n) is 6.31. The van der Waals surface area contributed by atoms with Crippen LogP contribution in [0.1, 0.15) is 32.9 Å². The summed E-state index contributed by atoms with van der Waals surface area (Å²) in [5.41, 5.74) is 4.48. The zero-order valence-electron chi connectivity index (χ0n) is 15.7. The number of rotatable bonds is 6. The second kappa shape index (κ2) is 7.92. The number of aryl methyl sites for hydroxylation is 2. The molecule has 2 heterocycles. The fourth-order valence-electron chi connectivity index (χ4n) is 2.83. The molecule has 0 fully saturated rings. The molecule has 0 N–H and O–H groups in total. The maximum Gasteiger partial charge on any atom is 0.189 e. The highest BCUT2D eigenvalue weighted by Crippen LogP contribution is 2.25. The van der Waals surface area contributed by atoms with Crippen molar-refractivity contribution in [1.29, 1.82) is 0 Å². The molecular weight excluding hydrogens is 408 g/mol. The lowest BCUT2D eigenvalue weighted by atomic mass is 10.1. The third kappa shape index (κ3) is 4.19. The van der Waals surface area contributed by atoms with E-state index in [4.69, 9.17) is 4.74 Å². The van der Waals surface area contributed by atoms with E-state index in [2.05, 4.69) is 26.1 Å². The molecule has 7 heteroatoms. The van der Waals surface area contributed by atoms with Crippen molar-refractivity contribution in [3.63, 3.8) is 0 Å². The molecule has 2 aromatic heterocycles. The van der Waals surface area contributed by atoms with Crippen LogP contribution in [0.2, 0.25) is 0 Å². The second-order valence-corrected chi connectivity index (χ2v) is 7.11. The SMILES string of the molecule is COc1ccc(/C=C/C(=O)c2cnn(C)c2)cc1Cn1nc(C)c(Br)c1C. The molecule has 0 aliphatic carbocycles. The summed E-state index contributed by atoms with van der Waals surface area (Å²) in [5.74, 6) is 0.706. The largest absolute Gasteiger partial charge is 0.496 e. The number of nitrogens with zero attached hydrogens (tertiary/aromatic N) is 4. The van der Waals surface area contributed by atoms with E-state index in [0.717, 1.165) is 32.7 Å². The highest BCUT2D eigenvalue weighted by molar-refractivity contribution is 9.10. The van der Waals surface area contributed by atoms with Gasteiger partial charge < -0.3 is 4.74 Å². The maximum atomic E-state index is 12.2. The number of halogens is 1. The van der Waals surface area contributed by atoms with Crippen molar-refractivity contribution < 1.29 is 9.53 Å². The molecule has 0 spiro atoms. The Hall–Kier alpha value is -2.67. The van der Waals surface area contributed by atoms with Gasteiger partial charge in [0.15, 0.2) is 5.78 Å². The van der Waals surface area contributed by atoms with Crippen LogP contribution in [-0.2, 0) is 13.6 Å². The molecule has 27 heavy (non-hydrogen) atoms. The minimum absolute atomic E-state index is 0.0806. The topological polar surface area (TPSA) is 61.9 Å². The Kier molecular flexibility index (Phi) is 5.60. The van der Waals surface area contributed by atoms with Gasteiger partial charge in [-0.1, -0.05) is 12.1 Å². The van der Waals surface area contributed by atoms with Crippen LogP contribution >= 0.6 is 15.9 Å². The van der Waals surface area contributed by atoms with Crippen molar-refractivity contribution in [2.24, 2.45) is 7.05 Å². The summed E-state index contributed by atoms with van der Waals surface area (Å²) in [6.45, 7) is 4.57. The summed E-state index contributed by atoms with van der Waals surface area (Å²) in [6, 6.07) is 5.84. The lowest BCUT2D eigenvalue weighted by molar-refractivity contribution is 0.104. The standard InChI is InChI=1S/C20H21BrN4O2/c1-13-20(21)14(2)25(23-13)12-16-9-15(6-8-19(16)27-4)5-7-18(26)17-10-22-24(3)11-17/h5-11H,12H2,1-4H3/b7-5+. The first-order valence-corrected chi connectivity index (χ1v) is 9.26. The number of hydrogen-bond acceptors (Lipinski definition) is 4. The third-order valence-electron chi connectivity index (χ3n) is 4.33. The number of benzene rings is 1. The minimum atomic E-state index is -0.0806. The average molecular weight is 429 g/mol. The van der Waals surface area contributed by atoms with Gasteiger partial charge in [-0.05, 0) is 53.5 Å². The van der Waals surface area contributed by atoms with Crippen molar-refractivity contribution in [2.75, 3.05) is 7.11 Å². The Morgan fingerprint density at radius 1 is 1.33 bits per heavy atom. The van der Waals surface area contributed by atoms with Crippen molar-refractivity contribution in [3.8, 4) is 5.75 Å². The van der Waals surface area contributed by atoms with Crippen LogP contribution in [0.4, 0.5) is 0 Å². The quantitative estimate of drug-likeness (QED) is 0.440.